The quantitative estimate of drug-likeness (QED) is 0.193. The van der Waals surface area contributed by atoms with E-state index in [0.717, 1.165) is 60.8 Å². The van der Waals surface area contributed by atoms with Crippen molar-refractivity contribution in [2.24, 2.45) is 34.5 Å². The minimum Gasteiger partial charge on any atom is -0.394 e. The summed E-state index contributed by atoms with van der Waals surface area (Å²) in [5, 5.41) is 22.8. The Balaban J connectivity index is 0.000000185. The number of Topliss-reactive ketones (excluding diaryl/α,β-unsaturated/α-hetero) is 1. The van der Waals surface area contributed by atoms with Gasteiger partial charge in [0.1, 0.15) is 16.9 Å². The normalized spacial score (nSPS) is 34.3. The number of fused-ring (bicyclic) bond motifs is 6. The van der Waals surface area contributed by atoms with E-state index in [-0.39, 0.29) is 85.2 Å². The first-order chi connectivity index (χ1) is 31.8. The van der Waals surface area contributed by atoms with Crippen LogP contribution in [0.1, 0.15) is 89.5 Å². The van der Waals surface area contributed by atoms with Gasteiger partial charge in [0, 0.05) is 25.0 Å². The third-order valence-electron chi connectivity index (χ3n) is 15.6. The van der Waals surface area contributed by atoms with E-state index in [0.29, 0.717) is 34.8 Å². The number of aliphatic hydroxyl groups is 2. The number of amides is 2. The van der Waals surface area contributed by atoms with Gasteiger partial charge in [0.2, 0.25) is 0 Å². The molecule has 360 valence electrons. The molecule has 2 aromatic carbocycles. The van der Waals surface area contributed by atoms with Gasteiger partial charge in [0.05, 0.1) is 64.9 Å². The Morgan fingerprint density at radius 3 is 1.49 bits per heavy atom. The van der Waals surface area contributed by atoms with Gasteiger partial charge in [-0.1, -0.05) is 64.1 Å². The number of ether oxygens (including phenoxy) is 4. The maximum atomic E-state index is 14.4. The van der Waals surface area contributed by atoms with Crippen LogP contribution in [-0.4, -0.2) is 120 Å². The number of nitrogens with one attached hydrogen (secondary N) is 2. The van der Waals surface area contributed by atoms with E-state index >= 15 is 0 Å². The fourth-order valence-electron chi connectivity index (χ4n) is 13.6. The Morgan fingerprint density at radius 1 is 0.746 bits per heavy atom. The monoisotopic (exact) mass is 956 g/mol. The Kier molecular flexibility index (Phi) is 14.4. The summed E-state index contributed by atoms with van der Waals surface area (Å²) in [5.41, 5.74) is 2.15. The van der Waals surface area contributed by atoms with Crippen molar-refractivity contribution in [3.63, 3.8) is 0 Å². The highest BCUT2D eigenvalue weighted by Crippen LogP contribution is 2.64. The molecule has 15 nitrogen and oxygen atoms in total. The van der Waals surface area contributed by atoms with Gasteiger partial charge in [-0.15, -0.1) is 0 Å². The van der Waals surface area contributed by atoms with Crippen molar-refractivity contribution in [3.8, 4) is 0 Å². The fraction of sp³-hybridized carbons (Fsp3) is 0.620. The lowest BCUT2D eigenvalue weighted by Gasteiger charge is -2.51. The number of methoxy groups -OCH3 is 2. The summed E-state index contributed by atoms with van der Waals surface area (Å²) in [5.74, 6) is -0.151. The van der Waals surface area contributed by atoms with Crippen molar-refractivity contribution in [2.75, 3.05) is 53.7 Å². The summed E-state index contributed by atoms with van der Waals surface area (Å²) < 4.78 is 23.2. The molecule has 2 amide bonds. The zero-order valence-corrected chi connectivity index (χ0v) is 41.4. The van der Waals surface area contributed by atoms with Crippen molar-refractivity contribution in [2.45, 2.75) is 109 Å². The highest BCUT2D eigenvalue weighted by molar-refractivity contribution is 7.80. The van der Waals surface area contributed by atoms with Crippen molar-refractivity contribution >= 4 is 63.6 Å². The van der Waals surface area contributed by atoms with Crippen LogP contribution in [0.2, 0.25) is 0 Å². The first-order valence-electron chi connectivity index (χ1n) is 23.1. The molecular weight excluding hydrogens is 893 g/mol. The summed E-state index contributed by atoms with van der Waals surface area (Å²) in [6.45, 7) is 28.1. The number of aliphatic hydroxyl groups excluding tert-OH is 2. The fourth-order valence-corrected chi connectivity index (χ4v) is 14.2. The third kappa shape index (κ3) is 8.27. The number of carbonyl (C=O) groups excluding carboxylic acids is 3. The largest absolute Gasteiger partial charge is 0.394 e. The topological polar surface area (TPSA) is 168 Å². The van der Waals surface area contributed by atoms with Gasteiger partial charge in [-0.2, -0.15) is 0 Å². The molecule has 0 bridgehead atoms. The van der Waals surface area contributed by atoms with E-state index in [1.165, 1.54) is 11.8 Å². The molecule has 4 N–H and O–H groups in total. The Bertz CT molecular complexity index is 2370. The molecule has 4 aliphatic carbocycles. The van der Waals surface area contributed by atoms with Gasteiger partial charge in [0.15, 0.2) is 27.4 Å². The molecule has 67 heavy (non-hydrogen) atoms. The van der Waals surface area contributed by atoms with Crippen LogP contribution < -0.4 is 10.6 Å². The zero-order valence-electron chi connectivity index (χ0n) is 39.8. The summed E-state index contributed by atoms with van der Waals surface area (Å²) in [7, 11) is 3.52. The lowest BCUT2D eigenvalue weighted by molar-refractivity contribution is -0.163. The molecule has 3 saturated heterocycles. The van der Waals surface area contributed by atoms with Gasteiger partial charge in [-0.05, 0) is 123 Å². The summed E-state index contributed by atoms with van der Waals surface area (Å²) in [6, 6.07) is 11.4. The van der Waals surface area contributed by atoms with E-state index in [1.54, 1.807) is 19.1 Å². The van der Waals surface area contributed by atoms with Gasteiger partial charge in [0.25, 0.3) is 11.8 Å². The highest BCUT2D eigenvalue weighted by Gasteiger charge is 2.70. The van der Waals surface area contributed by atoms with Crippen LogP contribution in [0, 0.1) is 47.6 Å². The van der Waals surface area contributed by atoms with Crippen molar-refractivity contribution in [1.29, 1.82) is 0 Å². The molecule has 0 radical (unpaired) electrons. The minimum absolute atomic E-state index is 0.0356. The predicted octanol–water partition coefficient (Wildman–Crippen LogP) is 5.87. The number of nitrogens with zero attached hydrogens (tertiary/aromatic N) is 4. The molecule has 2 saturated carbocycles. The van der Waals surface area contributed by atoms with E-state index in [1.807, 2.05) is 43.3 Å². The van der Waals surface area contributed by atoms with Crippen LogP contribution in [0.3, 0.4) is 0 Å². The second-order valence-electron chi connectivity index (χ2n) is 20.1. The van der Waals surface area contributed by atoms with Crippen LogP contribution in [0.25, 0.3) is 9.69 Å². The summed E-state index contributed by atoms with van der Waals surface area (Å²) in [6.07, 6.45) is 5.04. The molecule has 4 unspecified atom stereocenters. The highest BCUT2D eigenvalue weighted by atomic mass is 32.1. The van der Waals surface area contributed by atoms with E-state index < -0.39 is 22.3 Å². The number of hydrogen-bond acceptors (Lipinski definition) is 11. The molecule has 0 aromatic heterocycles. The van der Waals surface area contributed by atoms with Gasteiger partial charge >= 0.3 is 0 Å². The lowest BCUT2D eigenvalue weighted by Crippen LogP contribution is -2.59. The summed E-state index contributed by atoms with van der Waals surface area (Å²) >= 11 is 11.3. The standard InChI is InChI=1S/C25H31N3O4S.C23H27N3O3S.C2H6O2/c1-15-11-24(12-16(2)20(15)30-5)13-17-6-7-18(26-4)10-19(17)25(24)21(29)28(22(33)27-25)14-23(3)31-8-9-32-23;1-13-9-22(10-14(2)19(13)29-5)11-16-6-7-17(24-4)8-18(16)23(22)20(28)26(12-15(3)27)21(30)25-23;3-1-2-4/h6-7,10,15-16,20H,8-9,11-14H2,1-3,5H3,(H,27,33);6-8,13-14,19H,9-12H2,1-3,5H3,(H,25,30);3-4H,1-2H2/t15-,16+,20?,24?,25-;13-,14+,19?,22?,23-;/m11./s1. The third-order valence-corrected chi connectivity index (χ3v) is 16.2. The molecule has 10 atom stereocenters. The molecule has 3 heterocycles. The van der Waals surface area contributed by atoms with Gasteiger partial charge < -0.3 is 39.8 Å². The number of benzene rings is 2. The number of thiocarbonyl (C=S) groups is 2. The zero-order chi connectivity index (χ0) is 48.9. The number of rotatable bonds is 7. The molecule has 17 heteroatoms. The molecule has 4 spiro atoms. The molecule has 3 aliphatic heterocycles. The van der Waals surface area contributed by atoms with Crippen LogP contribution in [0.5, 0.6) is 0 Å². The molecule has 9 rings (SSSR count). The molecule has 5 fully saturated rings. The van der Waals surface area contributed by atoms with Crippen molar-refractivity contribution in [3.05, 3.63) is 81.5 Å². The maximum absolute atomic E-state index is 14.4. The smallest absolute Gasteiger partial charge is 0.260 e. The minimum atomic E-state index is -1.04. The van der Waals surface area contributed by atoms with Gasteiger partial charge in [-0.3, -0.25) is 24.2 Å². The Hall–Kier alpha value is -4.43. The van der Waals surface area contributed by atoms with E-state index in [4.69, 9.17) is 66.7 Å². The lowest BCUT2D eigenvalue weighted by atomic mass is 9.56. The second kappa shape index (κ2) is 19.2. The maximum Gasteiger partial charge on any atom is 0.260 e. The average molecular weight is 957 g/mol. The van der Waals surface area contributed by atoms with E-state index in [2.05, 4.69) is 48.0 Å². The Labute approximate surface area is 404 Å². The predicted molar refractivity (Wildman–Crippen MR) is 258 cm³/mol. The Morgan fingerprint density at radius 2 is 1.13 bits per heavy atom. The van der Waals surface area contributed by atoms with Crippen LogP contribution in [0.4, 0.5) is 11.4 Å². The number of hydrogen-bond donors (Lipinski definition) is 4. The first-order valence-corrected chi connectivity index (χ1v) is 24.0. The molecular formula is C50H64N6O9S2. The SMILES string of the molecule is OCCO.[C-]#[N+]c1ccc2c(c1)[C@]1(NC(=S)N(CC(C)=O)C1=O)C1(C2)C[C@@H](C)C(OC)[C@@H](C)C1.[C-]#[N+]c1ccc2c(c1)[C@]1(NC(=S)N(CC3(C)OCCO3)C1=O)C1(C2)C[C@@H](C)C(OC)[C@@H](C)C1. The van der Waals surface area contributed by atoms with Crippen LogP contribution in [-0.2, 0) is 57.3 Å². The number of ketones is 1. The summed E-state index contributed by atoms with van der Waals surface area (Å²) in [4.78, 5) is 50.6. The molecule has 2 aromatic rings. The van der Waals surface area contributed by atoms with Crippen LogP contribution >= 0.6 is 24.4 Å². The first kappa shape index (κ1) is 50.4. The van der Waals surface area contributed by atoms with E-state index in [9.17, 15) is 14.4 Å². The van der Waals surface area contributed by atoms with Gasteiger partial charge in [-0.25, -0.2) is 9.69 Å². The molecule has 7 aliphatic rings. The van der Waals surface area contributed by atoms with Crippen LogP contribution in [0.15, 0.2) is 36.4 Å². The van der Waals surface area contributed by atoms with Crippen molar-refractivity contribution in [1.82, 2.24) is 20.4 Å². The second-order valence-corrected chi connectivity index (χ2v) is 20.8. The number of carbonyl (C=O) groups is 3. The average Bonchev–Trinajstić information content (AvgIpc) is 4.03. The van der Waals surface area contributed by atoms with Crippen molar-refractivity contribution < 1.29 is 43.5 Å².